The van der Waals surface area contributed by atoms with Gasteiger partial charge in [0.1, 0.15) is 5.00 Å². The Kier molecular flexibility index (Phi) is 7.17. The molecule has 0 aliphatic carbocycles. The minimum Gasteiger partial charge on any atom is -0.493 e. The normalized spacial score (nSPS) is 11.5. The lowest BCUT2D eigenvalue weighted by Crippen LogP contribution is -2.30. The smallest absolute Gasteiger partial charge is 0.341 e. The molecule has 1 aromatic carbocycles. The van der Waals surface area contributed by atoms with Gasteiger partial charge in [0, 0.05) is 0 Å². The van der Waals surface area contributed by atoms with Gasteiger partial charge >= 0.3 is 5.97 Å². The van der Waals surface area contributed by atoms with E-state index >= 15 is 0 Å². The topological polar surface area (TPSA) is 90.9 Å². The van der Waals surface area contributed by atoms with Gasteiger partial charge in [0.15, 0.2) is 23.4 Å². The molecule has 8 heteroatoms. The number of ether oxygens (including phenoxy) is 3. The number of hydrogen-bond donors (Lipinski definition) is 1. The second kappa shape index (κ2) is 9.36. The van der Waals surface area contributed by atoms with Crippen molar-refractivity contribution in [2.24, 2.45) is 0 Å². The molecule has 1 aromatic heterocycles. The highest BCUT2D eigenvalue weighted by Gasteiger charge is 2.27. The molecule has 2 aromatic rings. The van der Waals surface area contributed by atoms with E-state index < -0.39 is 18.0 Å². The molecule has 0 spiro atoms. The molecule has 1 N–H and O–H groups in total. The maximum absolute atomic E-state index is 12.6. The fourth-order valence-electron chi connectivity index (χ4n) is 2.56. The molecule has 0 saturated heterocycles. The molecule has 1 atom stereocenters. The Morgan fingerprint density at radius 3 is 2.39 bits per heavy atom. The summed E-state index contributed by atoms with van der Waals surface area (Å²) in [6.45, 7) is 6.52. The zero-order chi connectivity index (χ0) is 20.8. The molecule has 0 radical (unpaired) electrons. The van der Waals surface area contributed by atoms with E-state index in [1.165, 1.54) is 14.0 Å². The van der Waals surface area contributed by atoms with Gasteiger partial charge in [-0.2, -0.15) is 0 Å². The molecule has 1 heterocycles. The van der Waals surface area contributed by atoms with E-state index in [4.69, 9.17) is 14.2 Å². The average Bonchev–Trinajstić information content (AvgIpc) is 2.98. The second-order valence-electron chi connectivity index (χ2n) is 5.94. The Hall–Kier alpha value is -2.87. The van der Waals surface area contributed by atoms with E-state index in [1.54, 1.807) is 45.0 Å². The van der Waals surface area contributed by atoms with Crippen LogP contribution in [0, 0.1) is 6.92 Å². The van der Waals surface area contributed by atoms with Gasteiger partial charge in [0.25, 0.3) is 5.91 Å². The quantitative estimate of drug-likeness (QED) is 0.530. The third kappa shape index (κ3) is 4.69. The maximum Gasteiger partial charge on any atom is 0.341 e. The summed E-state index contributed by atoms with van der Waals surface area (Å²) in [5.41, 5.74) is 0.680. The molecule has 0 fully saturated rings. The number of methoxy groups -OCH3 is 1. The van der Waals surface area contributed by atoms with Crippen LogP contribution in [0.1, 0.15) is 46.4 Å². The Bertz CT molecular complexity index is 889. The van der Waals surface area contributed by atoms with Crippen LogP contribution in [0.5, 0.6) is 11.5 Å². The predicted molar refractivity (Wildman–Crippen MR) is 107 cm³/mol. The van der Waals surface area contributed by atoms with Gasteiger partial charge in [-0.15, -0.1) is 11.3 Å². The number of ketones is 1. The van der Waals surface area contributed by atoms with Crippen LogP contribution >= 0.6 is 11.3 Å². The van der Waals surface area contributed by atoms with Crippen molar-refractivity contribution in [2.45, 2.75) is 33.8 Å². The van der Waals surface area contributed by atoms with Crippen LogP contribution in [0.25, 0.3) is 0 Å². The number of para-hydroxylation sites is 2. The van der Waals surface area contributed by atoms with Crippen molar-refractivity contribution in [3.05, 3.63) is 40.3 Å². The highest BCUT2D eigenvalue weighted by Crippen LogP contribution is 2.34. The number of benzene rings is 1. The van der Waals surface area contributed by atoms with Crippen molar-refractivity contribution in [3.8, 4) is 11.5 Å². The van der Waals surface area contributed by atoms with Gasteiger partial charge in [-0.3, -0.25) is 9.59 Å². The number of rotatable bonds is 8. The van der Waals surface area contributed by atoms with Gasteiger partial charge < -0.3 is 19.5 Å². The molecular weight excluding hydrogens is 382 g/mol. The van der Waals surface area contributed by atoms with Crippen LogP contribution in [-0.2, 0) is 9.53 Å². The Labute approximate surface area is 167 Å². The molecule has 0 aliphatic rings. The van der Waals surface area contributed by atoms with E-state index in [0.717, 1.165) is 11.3 Å². The number of carbonyl (C=O) groups is 3. The Balaban J connectivity index is 2.26. The van der Waals surface area contributed by atoms with Crippen molar-refractivity contribution in [2.75, 3.05) is 19.0 Å². The van der Waals surface area contributed by atoms with Crippen LogP contribution < -0.4 is 14.8 Å². The van der Waals surface area contributed by atoms with Crippen molar-refractivity contribution < 1.29 is 28.6 Å². The molecular formula is C20H23NO6S. The van der Waals surface area contributed by atoms with Gasteiger partial charge in [0.05, 0.1) is 24.2 Å². The van der Waals surface area contributed by atoms with E-state index in [2.05, 4.69) is 5.32 Å². The fraction of sp³-hybridized carbons (Fsp3) is 0.350. The molecule has 1 amide bonds. The van der Waals surface area contributed by atoms with Gasteiger partial charge in [-0.25, -0.2) is 4.79 Å². The summed E-state index contributed by atoms with van der Waals surface area (Å²) in [7, 11) is 1.51. The SMILES string of the molecule is CCOC(=O)c1c(NC(=O)[C@H](C)Oc2ccccc2OC)sc(C(C)=O)c1C. The number of Topliss-reactive ketones (excluding diaryl/α,β-unsaturated/α-hetero) is 1. The highest BCUT2D eigenvalue weighted by molar-refractivity contribution is 7.18. The molecule has 0 unspecified atom stereocenters. The van der Waals surface area contributed by atoms with Gasteiger partial charge in [-0.05, 0) is 45.4 Å². The summed E-state index contributed by atoms with van der Waals surface area (Å²) >= 11 is 1.05. The molecule has 0 aliphatic heterocycles. The largest absolute Gasteiger partial charge is 0.493 e. The Morgan fingerprint density at radius 2 is 1.82 bits per heavy atom. The van der Waals surface area contributed by atoms with Crippen molar-refractivity contribution >= 4 is 34.0 Å². The van der Waals surface area contributed by atoms with Crippen LogP contribution in [-0.4, -0.2) is 37.5 Å². The summed E-state index contributed by atoms with van der Waals surface area (Å²) in [5, 5.41) is 2.95. The number of amides is 1. The zero-order valence-corrected chi connectivity index (χ0v) is 17.3. The number of anilines is 1. The molecule has 2 rings (SSSR count). The molecule has 7 nitrogen and oxygen atoms in total. The lowest BCUT2D eigenvalue weighted by atomic mass is 10.1. The van der Waals surface area contributed by atoms with Gasteiger partial charge in [-0.1, -0.05) is 12.1 Å². The summed E-state index contributed by atoms with van der Waals surface area (Å²) < 4.78 is 16.0. The third-order valence-corrected chi connectivity index (χ3v) is 5.23. The maximum atomic E-state index is 12.6. The van der Waals surface area contributed by atoms with Crippen LogP contribution in [0.15, 0.2) is 24.3 Å². The highest BCUT2D eigenvalue weighted by atomic mass is 32.1. The monoisotopic (exact) mass is 405 g/mol. The molecule has 150 valence electrons. The first-order valence-corrected chi connectivity index (χ1v) is 9.53. The van der Waals surface area contributed by atoms with Crippen LogP contribution in [0.2, 0.25) is 0 Å². The standard InChI is InChI=1S/C20H23NO6S/c1-6-26-20(24)16-11(2)17(12(3)22)28-19(16)21-18(23)13(4)27-15-10-8-7-9-14(15)25-5/h7-10,13H,6H2,1-5H3,(H,21,23)/t13-/m0/s1. The van der Waals surface area contributed by atoms with E-state index in [9.17, 15) is 14.4 Å². The molecule has 0 saturated carbocycles. The zero-order valence-electron chi connectivity index (χ0n) is 16.5. The van der Waals surface area contributed by atoms with Crippen molar-refractivity contribution in [3.63, 3.8) is 0 Å². The van der Waals surface area contributed by atoms with Crippen LogP contribution in [0.4, 0.5) is 5.00 Å². The predicted octanol–water partition coefficient (Wildman–Crippen LogP) is 3.85. The minimum absolute atomic E-state index is 0.185. The molecule has 0 bridgehead atoms. The van der Waals surface area contributed by atoms with E-state index in [-0.39, 0.29) is 23.0 Å². The number of esters is 1. The second-order valence-corrected chi connectivity index (χ2v) is 6.96. The van der Waals surface area contributed by atoms with Crippen LogP contribution in [0.3, 0.4) is 0 Å². The lowest BCUT2D eigenvalue weighted by Gasteiger charge is -2.16. The number of nitrogens with one attached hydrogen (secondary N) is 1. The summed E-state index contributed by atoms with van der Waals surface area (Å²) in [6.07, 6.45) is -0.866. The number of hydrogen-bond acceptors (Lipinski definition) is 7. The fourth-order valence-corrected chi connectivity index (χ4v) is 3.65. The summed E-state index contributed by atoms with van der Waals surface area (Å²) in [5.74, 6) is -0.317. The van der Waals surface area contributed by atoms with E-state index in [1.807, 2.05) is 0 Å². The Morgan fingerprint density at radius 1 is 1.18 bits per heavy atom. The average molecular weight is 405 g/mol. The third-order valence-electron chi connectivity index (χ3n) is 3.92. The lowest BCUT2D eigenvalue weighted by molar-refractivity contribution is -0.122. The summed E-state index contributed by atoms with van der Waals surface area (Å²) in [6, 6.07) is 6.97. The first-order chi connectivity index (χ1) is 13.3. The molecule has 28 heavy (non-hydrogen) atoms. The van der Waals surface area contributed by atoms with Crippen molar-refractivity contribution in [1.82, 2.24) is 0 Å². The minimum atomic E-state index is -0.866. The first-order valence-electron chi connectivity index (χ1n) is 8.72. The summed E-state index contributed by atoms with van der Waals surface area (Å²) in [4.78, 5) is 37.2. The number of carbonyl (C=O) groups excluding carboxylic acids is 3. The van der Waals surface area contributed by atoms with Crippen molar-refractivity contribution in [1.29, 1.82) is 0 Å². The number of thiophene rings is 1. The first kappa shape index (κ1) is 21.4. The van der Waals surface area contributed by atoms with E-state index in [0.29, 0.717) is 21.9 Å². The van der Waals surface area contributed by atoms with Gasteiger partial charge in [0.2, 0.25) is 0 Å².